The molecule has 134 valence electrons. The third-order valence-electron chi connectivity index (χ3n) is 3.70. The van der Waals surface area contributed by atoms with Gasteiger partial charge in [-0.05, 0) is 30.5 Å². The van der Waals surface area contributed by atoms with Crippen LogP contribution in [0, 0.1) is 0 Å². The zero-order valence-corrected chi connectivity index (χ0v) is 14.5. The Kier molecular flexibility index (Phi) is 6.56. The zero-order chi connectivity index (χ0) is 18.2. The number of rotatable bonds is 8. The first-order chi connectivity index (χ1) is 12.0. The van der Waals surface area contributed by atoms with Crippen LogP contribution in [0.2, 0.25) is 0 Å². The quantitative estimate of drug-likeness (QED) is 0.676. The van der Waals surface area contributed by atoms with Gasteiger partial charge in [0.15, 0.2) is 0 Å². The van der Waals surface area contributed by atoms with Gasteiger partial charge in [0.2, 0.25) is 17.7 Å². The molecule has 1 aromatic rings. The topological polar surface area (TPSA) is 87.7 Å². The van der Waals surface area contributed by atoms with E-state index in [0.717, 1.165) is 30.2 Å². The number of ether oxygens (including phenoxy) is 1. The molecule has 2 N–H and O–H groups in total. The van der Waals surface area contributed by atoms with Crippen LogP contribution in [0.5, 0.6) is 5.75 Å². The molecule has 0 saturated heterocycles. The second-order valence-corrected chi connectivity index (χ2v) is 5.94. The lowest BCUT2D eigenvalue weighted by atomic mass is 10.2. The molecular formula is C18H23N3O4. The first-order valence-electron chi connectivity index (χ1n) is 8.11. The largest absolute Gasteiger partial charge is 0.497 e. The Labute approximate surface area is 147 Å². The Morgan fingerprint density at radius 1 is 1.20 bits per heavy atom. The van der Waals surface area contributed by atoms with E-state index in [1.807, 2.05) is 24.3 Å². The molecule has 7 nitrogen and oxygen atoms in total. The minimum Gasteiger partial charge on any atom is -0.497 e. The number of nitrogens with one attached hydrogen (secondary N) is 2. The predicted molar refractivity (Wildman–Crippen MR) is 92.8 cm³/mol. The molecule has 0 spiro atoms. The van der Waals surface area contributed by atoms with Crippen molar-refractivity contribution < 1.29 is 19.1 Å². The van der Waals surface area contributed by atoms with E-state index in [0.29, 0.717) is 6.54 Å². The van der Waals surface area contributed by atoms with E-state index in [-0.39, 0.29) is 24.4 Å². The summed E-state index contributed by atoms with van der Waals surface area (Å²) in [5, 5.41) is 5.50. The molecule has 7 heteroatoms. The van der Waals surface area contributed by atoms with Crippen LogP contribution < -0.4 is 15.4 Å². The number of amides is 3. The van der Waals surface area contributed by atoms with Gasteiger partial charge in [-0.3, -0.25) is 14.4 Å². The van der Waals surface area contributed by atoms with E-state index in [1.165, 1.54) is 18.0 Å². The summed E-state index contributed by atoms with van der Waals surface area (Å²) in [5.41, 5.74) is 0.919. The molecule has 0 radical (unpaired) electrons. The highest BCUT2D eigenvalue weighted by molar-refractivity contribution is 5.97. The number of carbonyl (C=O) groups excluding carboxylic acids is 3. The molecule has 0 unspecified atom stereocenters. The summed E-state index contributed by atoms with van der Waals surface area (Å²) in [6, 6.07) is 7.57. The fourth-order valence-electron chi connectivity index (χ4n) is 2.06. The summed E-state index contributed by atoms with van der Waals surface area (Å²) < 4.78 is 5.06. The van der Waals surface area contributed by atoms with Gasteiger partial charge < -0.3 is 20.3 Å². The number of hydrogen-bond acceptors (Lipinski definition) is 4. The highest BCUT2D eigenvalue weighted by Crippen LogP contribution is 2.18. The molecule has 0 aliphatic heterocycles. The summed E-state index contributed by atoms with van der Waals surface area (Å²) in [6.07, 6.45) is 4.32. The average molecular weight is 345 g/mol. The van der Waals surface area contributed by atoms with Crippen LogP contribution in [0.25, 0.3) is 0 Å². The lowest BCUT2D eigenvalue weighted by Crippen LogP contribution is -2.38. The second kappa shape index (κ2) is 8.86. The van der Waals surface area contributed by atoms with Gasteiger partial charge in [0.25, 0.3) is 0 Å². The van der Waals surface area contributed by atoms with Crippen molar-refractivity contribution in [3.63, 3.8) is 0 Å². The molecule has 2 rings (SSSR count). The van der Waals surface area contributed by atoms with E-state index in [2.05, 4.69) is 10.6 Å². The van der Waals surface area contributed by atoms with Crippen LogP contribution >= 0.6 is 0 Å². The summed E-state index contributed by atoms with van der Waals surface area (Å²) in [7, 11) is 3.11. The number of carbonyl (C=O) groups is 3. The Morgan fingerprint density at radius 3 is 2.48 bits per heavy atom. The van der Waals surface area contributed by atoms with Crippen molar-refractivity contribution in [1.82, 2.24) is 15.5 Å². The molecule has 1 saturated carbocycles. The number of hydrogen-bond donors (Lipinski definition) is 2. The van der Waals surface area contributed by atoms with Gasteiger partial charge in [0.05, 0.1) is 13.7 Å². The SMILES string of the molecule is COc1ccc(CNC(=O)C=CC(=O)N(C)CC(=O)NC2CC2)cc1. The maximum Gasteiger partial charge on any atom is 0.246 e. The number of methoxy groups -OCH3 is 1. The molecule has 0 bridgehead atoms. The fraction of sp³-hybridized carbons (Fsp3) is 0.389. The summed E-state index contributed by atoms with van der Waals surface area (Å²) >= 11 is 0. The molecule has 1 fully saturated rings. The summed E-state index contributed by atoms with van der Waals surface area (Å²) in [4.78, 5) is 36.6. The molecule has 0 heterocycles. The maximum atomic E-state index is 11.9. The van der Waals surface area contributed by atoms with Crippen molar-refractivity contribution in [1.29, 1.82) is 0 Å². The smallest absolute Gasteiger partial charge is 0.246 e. The molecule has 1 aromatic carbocycles. The lowest BCUT2D eigenvalue weighted by Gasteiger charge is -2.14. The van der Waals surface area contributed by atoms with Gasteiger partial charge in [-0.25, -0.2) is 0 Å². The van der Waals surface area contributed by atoms with Gasteiger partial charge in [-0.1, -0.05) is 12.1 Å². The Hall–Kier alpha value is -2.83. The summed E-state index contributed by atoms with van der Waals surface area (Å²) in [5.74, 6) is -0.212. The van der Waals surface area contributed by atoms with Crippen molar-refractivity contribution in [2.45, 2.75) is 25.4 Å². The summed E-state index contributed by atoms with van der Waals surface area (Å²) in [6.45, 7) is 0.328. The second-order valence-electron chi connectivity index (χ2n) is 5.94. The highest BCUT2D eigenvalue weighted by atomic mass is 16.5. The molecule has 1 aliphatic rings. The minimum atomic E-state index is -0.398. The van der Waals surface area contributed by atoms with E-state index in [9.17, 15) is 14.4 Å². The Balaban J connectivity index is 1.71. The van der Waals surface area contributed by atoms with Crippen LogP contribution in [-0.4, -0.2) is 49.4 Å². The van der Waals surface area contributed by atoms with Crippen LogP contribution in [-0.2, 0) is 20.9 Å². The number of nitrogens with zero attached hydrogens (tertiary/aromatic N) is 1. The highest BCUT2D eigenvalue weighted by Gasteiger charge is 2.23. The van der Waals surface area contributed by atoms with E-state index < -0.39 is 5.91 Å². The van der Waals surface area contributed by atoms with Gasteiger partial charge in [-0.2, -0.15) is 0 Å². The monoisotopic (exact) mass is 345 g/mol. The van der Waals surface area contributed by atoms with Gasteiger partial charge >= 0.3 is 0 Å². The molecule has 0 atom stereocenters. The van der Waals surface area contributed by atoms with Crippen molar-refractivity contribution in [2.24, 2.45) is 0 Å². The molecule has 0 aromatic heterocycles. The van der Waals surface area contributed by atoms with Crippen molar-refractivity contribution in [2.75, 3.05) is 20.7 Å². The number of likely N-dealkylation sites (N-methyl/N-ethyl adjacent to an activating group) is 1. The molecule has 1 aliphatic carbocycles. The third-order valence-corrected chi connectivity index (χ3v) is 3.70. The lowest BCUT2D eigenvalue weighted by molar-refractivity contribution is -0.131. The van der Waals surface area contributed by atoms with E-state index in [4.69, 9.17) is 4.74 Å². The number of benzene rings is 1. The van der Waals surface area contributed by atoms with Crippen molar-refractivity contribution in [3.8, 4) is 5.75 Å². The van der Waals surface area contributed by atoms with Crippen LogP contribution in [0.1, 0.15) is 18.4 Å². The first kappa shape index (κ1) is 18.5. The molecule has 25 heavy (non-hydrogen) atoms. The minimum absolute atomic E-state index is 0.0207. The average Bonchev–Trinajstić information content (AvgIpc) is 3.41. The standard InChI is InChI=1S/C18H23N3O4/c1-21(12-17(23)20-14-5-6-14)18(24)10-9-16(22)19-11-13-3-7-15(25-2)8-4-13/h3-4,7-10,14H,5-6,11-12H2,1-2H3,(H,19,22)(H,20,23). The van der Waals surface area contributed by atoms with Gasteiger partial charge in [-0.15, -0.1) is 0 Å². The van der Waals surface area contributed by atoms with Crippen LogP contribution in [0.4, 0.5) is 0 Å². The van der Waals surface area contributed by atoms with Crippen molar-refractivity contribution >= 4 is 17.7 Å². The maximum absolute atomic E-state index is 11.9. The predicted octanol–water partition coefficient (Wildman–Crippen LogP) is 0.605. The Morgan fingerprint density at radius 2 is 1.88 bits per heavy atom. The zero-order valence-electron chi connectivity index (χ0n) is 14.5. The van der Waals surface area contributed by atoms with E-state index in [1.54, 1.807) is 7.11 Å². The van der Waals surface area contributed by atoms with Gasteiger partial charge in [0, 0.05) is 31.8 Å². The normalized spacial score (nSPS) is 13.4. The fourth-order valence-corrected chi connectivity index (χ4v) is 2.06. The third kappa shape index (κ3) is 6.66. The van der Waals surface area contributed by atoms with Gasteiger partial charge in [0.1, 0.15) is 5.75 Å². The van der Waals surface area contributed by atoms with Crippen LogP contribution in [0.15, 0.2) is 36.4 Å². The van der Waals surface area contributed by atoms with Crippen molar-refractivity contribution in [3.05, 3.63) is 42.0 Å². The molecular weight excluding hydrogens is 322 g/mol. The van der Waals surface area contributed by atoms with E-state index >= 15 is 0 Å². The van der Waals surface area contributed by atoms with Crippen LogP contribution in [0.3, 0.4) is 0 Å². The Bertz CT molecular complexity index is 651. The first-order valence-corrected chi connectivity index (χ1v) is 8.11. The molecule has 3 amide bonds.